The molecule has 5 aliphatic carbocycles. The first-order valence-corrected chi connectivity index (χ1v) is 14.2. The van der Waals surface area contributed by atoms with Gasteiger partial charge in [-0.15, -0.1) is 0 Å². The van der Waals surface area contributed by atoms with Gasteiger partial charge in [0.1, 0.15) is 6.10 Å². The zero-order valence-corrected chi connectivity index (χ0v) is 23.0. The number of amides is 1. The van der Waals surface area contributed by atoms with Gasteiger partial charge in [0.15, 0.2) is 5.78 Å². The molecule has 0 saturated heterocycles. The fourth-order valence-corrected chi connectivity index (χ4v) is 10.2. The van der Waals surface area contributed by atoms with Gasteiger partial charge in [-0.2, -0.15) is 0 Å². The van der Waals surface area contributed by atoms with Crippen LogP contribution in [0.5, 0.6) is 0 Å². The normalized spacial score (nSPS) is 47.9. The van der Waals surface area contributed by atoms with Crippen molar-refractivity contribution in [2.75, 3.05) is 7.05 Å². The molecule has 36 heavy (non-hydrogen) atoms. The van der Waals surface area contributed by atoms with Crippen molar-refractivity contribution in [3.8, 4) is 0 Å². The quantitative estimate of drug-likeness (QED) is 0.305. The molecule has 0 aromatic rings. The summed E-state index contributed by atoms with van der Waals surface area (Å²) in [7, 11) is 1.42. The molecule has 10 atom stereocenters. The van der Waals surface area contributed by atoms with Crippen molar-refractivity contribution >= 4 is 17.7 Å². The average molecular weight is 500 g/mol. The Labute approximate surface area is 216 Å². The van der Waals surface area contributed by atoms with Crippen molar-refractivity contribution < 1.29 is 24.3 Å². The van der Waals surface area contributed by atoms with Gasteiger partial charge in [0.05, 0.1) is 0 Å². The Balaban J connectivity index is 1.48. The highest BCUT2D eigenvalue weighted by Gasteiger charge is 2.65. The largest absolute Gasteiger partial charge is 0.462 e. The van der Waals surface area contributed by atoms with Crippen LogP contribution in [0, 0.1) is 51.8 Å². The zero-order valence-electron chi connectivity index (χ0n) is 23.0. The standard InChI is InChI=1S/C30H45NO5/c1-17-21-9-13-30(5)22-8-12-28(3)11-7-19(27(34)31(6)35)15-23(28)20(22)16-24(33)26(30)29(21,4)14-10-25(17)36-18(2)32/h16-17,19,21-23,25-26,35H,7-15H2,1-6H3. The number of fused-ring (bicyclic) bond motifs is 7. The van der Waals surface area contributed by atoms with Crippen LogP contribution in [-0.2, 0) is 19.1 Å². The van der Waals surface area contributed by atoms with Gasteiger partial charge in [-0.05, 0) is 104 Å². The van der Waals surface area contributed by atoms with Crippen molar-refractivity contribution in [2.24, 2.45) is 51.8 Å². The van der Waals surface area contributed by atoms with Gasteiger partial charge in [0.2, 0.25) is 5.91 Å². The van der Waals surface area contributed by atoms with Crippen molar-refractivity contribution in [3.63, 3.8) is 0 Å². The number of allylic oxidation sites excluding steroid dienone is 2. The number of ether oxygens (including phenoxy) is 1. The van der Waals surface area contributed by atoms with Gasteiger partial charge < -0.3 is 4.74 Å². The number of ketones is 1. The van der Waals surface area contributed by atoms with Crippen LogP contribution in [-0.4, -0.2) is 41.1 Å². The predicted molar refractivity (Wildman–Crippen MR) is 136 cm³/mol. The summed E-state index contributed by atoms with van der Waals surface area (Å²) in [5.41, 5.74) is 1.25. The molecule has 6 nitrogen and oxygen atoms in total. The Morgan fingerprint density at radius 3 is 2.33 bits per heavy atom. The molecule has 200 valence electrons. The Morgan fingerprint density at radius 1 is 1.00 bits per heavy atom. The minimum absolute atomic E-state index is 0.00724. The van der Waals surface area contributed by atoms with Crippen molar-refractivity contribution in [3.05, 3.63) is 11.6 Å². The average Bonchev–Trinajstić information content (AvgIpc) is 2.79. The summed E-state index contributed by atoms with van der Waals surface area (Å²) in [5, 5.41) is 10.6. The first-order chi connectivity index (χ1) is 16.8. The molecule has 0 heterocycles. The Kier molecular flexibility index (Phi) is 6.25. The topological polar surface area (TPSA) is 83.9 Å². The molecule has 4 saturated carbocycles. The molecule has 0 aromatic heterocycles. The number of nitrogens with zero attached hydrogens (tertiary/aromatic N) is 1. The van der Waals surface area contributed by atoms with Gasteiger partial charge in [-0.3, -0.25) is 19.6 Å². The summed E-state index contributed by atoms with van der Waals surface area (Å²) >= 11 is 0. The smallest absolute Gasteiger partial charge is 0.302 e. The van der Waals surface area contributed by atoms with E-state index in [1.54, 1.807) is 0 Å². The number of hydrogen-bond donors (Lipinski definition) is 1. The molecule has 6 heteroatoms. The first kappa shape index (κ1) is 25.9. The third-order valence-corrected chi connectivity index (χ3v) is 12.0. The van der Waals surface area contributed by atoms with E-state index in [9.17, 15) is 19.6 Å². The summed E-state index contributed by atoms with van der Waals surface area (Å²) < 4.78 is 5.70. The molecule has 5 aliphatic rings. The monoisotopic (exact) mass is 499 g/mol. The number of hydrogen-bond acceptors (Lipinski definition) is 5. The van der Waals surface area contributed by atoms with Crippen LogP contribution in [0.25, 0.3) is 0 Å². The second-order valence-electron chi connectivity index (χ2n) is 13.8. The van der Waals surface area contributed by atoms with E-state index in [2.05, 4.69) is 27.7 Å². The molecular formula is C30H45NO5. The van der Waals surface area contributed by atoms with Crippen molar-refractivity contribution in [1.29, 1.82) is 0 Å². The molecule has 5 rings (SSSR count). The summed E-state index contributed by atoms with van der Waals surface area (Å²) in [4.78, 5) is 38.5. The van der Waals surface area contributed by atoms with E-state index in [0.29, 0.717) is 11.8 Å². The van der Waals surface area contributed by atoms with Crippen LogP contribution >= 0.6 is 0 Å². The maximum absolute atomic E-state index is 14.1. The molecule has 0 bridgehead atoms. The lowest BCUT2D eigenvalue weighted by atomic mass is 9.38. The fourth-order valence-electron chi connectivity index (χ4n) is 10.2. The van der Waals surface area contributed by atoms with Crippen LogP contribution in [0.3, 0.4) is 0 Å². The Morgan fingerprint density at radius 2 is 1.67 bits per heavy atom. The molecule has 0 aromatic carbocycles. The van der Waals surface area contributed by atoms with Gasteiger partial charge in [-0.25, -0.2) is 5.06 Å². The molecular weight excluding hydrogens is 454 g/mol. The van der Waals surface area contributed by atoms with Gasteiger partial charge in [0.25, 0.3) is 0 Å². The molecule has 0 radical (unpaired) electrons. The van der Waals surface area contributed by atoms with E-state index < -0.39 is 0 Å². The van der Waals surface area contributed by atoms with Gasteiger partial charge >= 0.3 is 5.97 Å². The van der Waals surface area contributed by atoms with Crippen LogP contribution < -0.4 is 0 Å². The van der Waals surface area contributed by atoms with Crippen molar-refractivity contribution in [2.45, 2.75) is 98.5 Å². The SMILES string of the molecule is CC(=O)OC1CCC2(C)C(CCC3(C)C4CCC5(C)CCC(C(=O)N(C)O)CC5C4=CC(=O)C32)C1C. The van der Waals surface area contributed by atoms with Gasteiger partial charge in [-0.1, -0.05) is 33.3 Å². The number of carbonyl (C=O) groups excluding carboxylic acids is 3. The van der Waals surface area contributed by atoms with Crippen LogP contribution in [0.15, 0.2) is 11.6 Å². The maximum Gasteiger partial charge on any atom is 0.302 e. The highest BCUT2D eigenvalue weighted by Crippen LogP contribution is 2.69. The molecule has 1 amide bonds. The molecule has 0 aliphatic heterocycles. The lowest BCUT2D eigenvalue weighted by Crippen LogP contribution is -2.62. The first-order valence-electron chi connectivity index (χ1n) is 14.2. The second kappa shape index (κ2) is 8.68. The minimum Gasteiger partial charge on any atom is -0.462 e. The highest BCUT2D eigenvalue weighted by atomic mass is 16.5. The second-order valence-corrected chi connectivity index (χ2v) is 13.8. The van der Waals surface area contributed by atoms with Crippen LogP contribution in [0.1, 0.15) is 92.4 Å². The van der Waals surface area contributed by atoms with E-state index in [-0.39, 0.29) is 63.7 Å². The van der Waals surface area contributed by atoms with E-state index >= 15 is 0 Å². The Bertz CT molecular complexity index is 988. The van der Waals surface area contributed by atoms with Crippen molar-refractivity contribution in [1.82, 2.24) is 5.06 Å². The highest BCUT2D eigenvalue weighted by molar-refractivity contribution is 5.95. The molecule has 4 fully saturated rings. The summed E-state index contributed by atoms with van der Waals surface area (Å²) in [6.07, 6.45) is 10.6. The van der Waals surface area contributed by atoms with E-state index in [0.717, 1.165) is 62.9 Å². The minimum atomic E-state index is -0.209. The number of carbonyl (C=O) groups is 3. The van der Waals surface area contributed by atoms with Crippen LogP contribution in [0.2, 0.25) is 0 Å². The predicted octanol–water partition coefficient (Wildman–Crippen LogP) is 5.58. The lowest BCUT2D eigenvalue weighted by Gasteiger charge is -2.65. The lowest BCUT2D eigenvalue weighted by molar-refractivity contribution is -0.181. The number of esters is 1. The Hall–Kier alpha value is -1.69. The fraction of sp³-hybridized carbons (Fsp3) is 0.833. The van der Waals surface area contributed by atoms with Crippen LogP contribution in [0.4, 0.5) is 0 Å². The maximum atomic E-state index is 14.1. The molecule has 10 unspecified atom stereocenters. The number of rotatable bonds is 2. The summed E-state index contributed by atoms with van der Waals surface area (Å²) in [5.74, 6) is 0.922. The van der Waals surface area contributed by atoms with E-state index in [4.69, 9.17) is 4.74 Å². The number of hydroxylamine groups is 2. The van der Waals surface area contributed by atoms with Gasteiger partial charge in [0, 0.05) is 25.8 Å². The third-order valence-electron chi connectivity index (χ3n) is 12.0. The van der Waals surface area contributed by atoms with E-state index in [1.165, 1.54) is 19.5 Å². The summed E-state index contributed by atoms with van der Waals surface area (Å²) in [6, 6.07) is 0. The third kappa shape index (κ3) is 3.72. The molecule has 1 N–H and O–H groups in total. The van der Waals surface area contributed by atoms with E-state index in [1.807, 2.05) is 6.08 Å². The molecule has 0 spiro atoms. The zero-order chi connectivity index (χ0) is 26.2. The summed E-state index contributed by atoms with van der Waals surface area (Å²) in [6.45, 7) is 10.8.